The van der Waals surface area contributed by atoms with Gasteiger partial charge in [0.2, 0.25) is 5.91 Å². The Morgan fingerprint density at radius 3 is 2.81 bits per heavy atom. The molecule has 0 fully saturated rings. The number of methoxy groups -OCH3 is 1. The number of hydrogen-bond donors (Lipinski definition) is 1. The molecular weight excluding hydrogens is 520 g/mol. The Morgan fingerprint density at radius 1 is 1.25 bits per heavy atom. The van der Waals surface area contributed by atoms with E-state index in [1.807, 2.05) is 33.0 Å². The highest BCUT2D eigenvalue weighted by atomic mass is 35.5. The molecule has 1 atom stereocenters. The molecule has 0 saturated heterocycles. The zero-order chi connectivity index (χ0) is 25.8. The predicted molar refractivity (Wildman–Crippen MR) is 143 cm³/mol. The first-order valence-corrected chi connectivity index (χ1v) is 13.9. The summed E-state index contributed by atoms with van der Waals surface area (Å²) in [7, 11) is 3.20. The van der Waals surface area contributed by atoms with Gasteiger partial charge in [0.1, 0.15) is 10.8 Å². The lowest BCUT2D eigenvalue weighted by Gasteiger charge is -2.15. The second-order valence-corrected chi connectivity index (χ2v) is 11.1. The van der Waals surface area contributed by atoms with Crippen LogP contribution >= 0.6 is 34.7 Å². The van der Waals surface area contributed by atoms with Crippen molar-refractivity contribution in [3.05, 3.63) is 50.6 Å². The van der Waals surface area contributed by atoms with Gasteiger partial charge >= 0.3 is 5.97 Å². The first-order valence-electron chi connectivity index (χ1n) is 11.8. The number of hydrogen-bond acceptors (Lipinski definition) is 8. The van der Waals surface area contributed by atoms with Gasteiger partial charge in [-0.3, -0.25) is 4.79 Å². The number of rotatable bonds is 8. The van der Waals surface area contributed by atoms with Crippen LogP contribution in [0.2, 0.25) is 5.02 Å². The summed E-state index contributed by atoms with van der Waals surface area (Å²) in [6.07, 6.45) is 4.62. The van der Waals surface area contributed by atoms with Crippen LogP contribution in [0.1, 0.15) is 64.5 Å². The number of thiophene rings is 1. The van der Waals surface area contributed by atoms with Gasteiger partial charge in [0.15, 0.2) is 17.1 Å². The van der Waals surface area contributed by atoms with Crippen molar-refractivity contribution >= 4 is 51.6 Å². The van der Waals surface area contributed by atoms with Gasteiger partial charge in [0, 0.05) is 11.9 Å². The Balaban J connectivity index is 1.42. The van der Waals surface area contributed by atoms with E-state index >= 15 is 0 Å². The molecule has 192 valence electrons. The Morgan fingerprint density at radius 2 is 2.03 bits per heavy atom. The lowest BCUT2D eigenvalue weighted by molar-refractivity contribution is -0.113. The van der Waals surface area contributed by atoms with Gasteiger partial charge in [-0.25, -0.2) is 4.79 Å². The molecule has 1 aromatic carbocycles. The number of ether oxygens (including phenoxy) is 2. The third-order valence-corrected chi connectivity index (χ3v) is 8.56. The number of nitrogens with zero attached hydrogens (tertiary/aromatic N) is 3. The molecule has 36 heavy (non-hydrogen) atoms. The second kappa shape index (κ2) is 11.7. The number of benzene rings is 1. The van der Waals surface area contributed by atoms with Crippen molar-refractivity contribution in [3.63, 3.8) is 0 Å². The number of aromatic nitrogens is 3. The summed E-state index contributed by atoms with van der Waals surface area (Å²) in [5.74, 6) is 0.690. The molecule has 1 aliphatic carbocycles. The van der Waals surface area contributed by atoms with Crippen molar-refractivity contribution in [2.75, 3.05) is 18.2 Å². The van der Waals surface area contributed by atoms with Crippen LogP contribution in [-0.2, 0) is 29.4 Å². The number of amides is 1. The summed E-state index contributed by atoms with van der Waals surface area (Å²) in [6, 6.07) is 5.59. The molecule has 3 aromatic rings. The molecular formula is C25H29ClN4O4S2. The summed E-state index contributed by atoms with van der Waals surface area (Å²) in [5.41, 5.74) is 2.56. The fraction of sp³-hybridized carbons (Fsp3) is 0.440. The average molecular weight is 549 g/mol. The Kier molecular flexibility index (Phi) is 8.58. The molecule has 2 heterocycles. The van der Waals surface area contributed by atoms with Gasteiger partial charge in [-0.15, -0.1) is 21.5 Å². The second-order valence-electron chi connectivity index (χ2n) is 8.69. The molecule has 11 heteroatoms. The Bertz CT molecular complexity index is 1270. The zero-order valence-electron chi connectivity index (χ0n) is 20.7. The first-order chi connectivity index (χ1) is 17.3. The highest BCUT2D eigenvalue weighted by molar-refractivity contribution is 7.99. The van der Waals surface area contributed by atoms with E-state index in [0.717, 1.165) is 48.1 Å². The minimum absolute atomic E-state index is 0.119. The van der Waals surface area contributed by atoms with Crippen LogP contribution in [0.5, 0.6) is 5.75 Å². The van der Waals surface area contributed by atoms with E-state index in [-0.39, 0.29) is 11.7 Å². The minimum atomic E-state index is -0.405. The molecule has 0 radical (unpaired) electrons. The minimum Gasteiger partial charge on any atom is -0.481 e. The maximum Gasteiger partial charge on any atom is 0.341 e. The van der Waals surface area contributed by atoms with E-state index in [4.69, 9.17) is 21.1 Å². The van der Waals surface area contributed by atoms with E-state index in [1.165, 1.54) is 30.2 Å². The maximum atomic E-state index is 12.8. The number of thioether (sulfide) groups is 1. The van der Waals surface area contributed by atoms with Crippen molar-refractivity contribution in [1.82, 2.24) is 14.8 Å². The third kappa shape index (κ3) is 5.87. The number of carbonyl (C=O) groups excluding carboxylic acids is 2. The third-order valence-electron chi connectivity index (χ3n) is 6.02. The summed E-state index contributed by atoms with van der Waals surface area (Å²) < 4.78 is 12.8. The number of esters is 1. The van der Waals surface area contributed by atoms with Gasteiger partial charge in [-0.05, 0) is 62.8 Å². The molecule has 0 spiro atoms. The van der Waals surface area contributed by atoms with Gasteiger partial charge in [0.05, 0.1) is 23.4 Å². The molecule has 1 unspecified atom stereocenters. The molecule has 1 amide bonds. The summed E-state index contributed by atoms with van der Waals surface area (Å²) >= 11 is 9.01. The molecule has 1 aliphatic rings. The van der Waals surface area contributed by atoms with Crippen molar-refractivity contribution in [2.24, 2.45) is 7.05 Å². The topological polar surface area (TPSA) is 95.3 Å². The fourth-order valence-corrected chi connectivity index (χ4v) is 6.37. The van der Waals surface area contributed by atoms with E-state index in [2.05, 4.69) is 15.5 Å². The number of fused-ring (bicyclic) bond motifs is 1. The molecule has 4 rings (SSSR count). The first kappa shape index (κ1) is 26.5. The predicted octanol–water partition coefficient (Wildman–Crippen LogP) is 5.76. The Labute approximate surface area is 223 Å². The standard InChI is InChI=1S/C25H29ClN4O4S2/c1-14-10-11-17(26)18(12-14)34-15(2)22-28-29-25(30(22)3)35-13-20(31)27-23-21(24(32)33-4)16-8-6-5-7-9-19(16)36-23/h10-12,15H,5-9,13H2,1-4H3,(H,27,31). The number of halogens is 1. The molecule has 0 saturated carbocycles. The molecule has 8 nitrogen and oxygen atoms in total. The lowest BCUT2D eigenvalue weighted by atomic mass is 10.1. The van der Waals surface area contributed by atoms with Crippen LogP contribution in [0.4, 0.5) is 5.00 Å². The van der Waals surface area contributed by atoms with Crippen LogP contribution in [-0.4, -0.2) is 39.5 Å². The molecule has 1 N–H and O–H groups in total. The number of carbonyl (C=O) groups is 2. The number of anilines is 1. The smallest absolute Gasteiger partial charge is 0.341 e. The van der Waals surface area contributed by atoms with Crippen molar-refractivity contribution in [2.45, 2.75) is 57.2 Å². The van der Waals surface area contributed by atoms with Crippen LogP contribution in [0.15, 0.2) is 23.4 Å². The van der Waals surface area contributed by atoms with Gasteiger partial charge < -0.3 is 19.4 Å². The normalized spacial score (nSPS) is 14.0. The SMILES string of the molecule is COC(=O)c1c(NC(=O)CSc2nnc(C(C)Oc3cc(C)ccc3Cl)n2C)sc2c1CCCCC2. The fourth-order valence-electron chi connectivity index (χ4n) is 4.19. The van der Waals surface area contributed by atoms with Crippen LogP contribution < -0.4 is 10.1 Å². The lowest BCUT2D eigenvalue weighted by Crippen LogP contribution is -2.17. The Hall–Kier alpha value is -2.56. The van der Waals surface area contributed by atoms with Crippen LogP contribution in [0.25, 0.3) is 0 Å². The van der Waals surface area contributed by atoms with E-state index in [0.29, 0.717) is 32.3 Å². The van der Waals surface area contributed by atoms with Crippen molar-refractivity contribution in [1.29, 1.82) is 0 Å². The van der Waals surface area contributed by atoms with E-state index < -0.39 is 12.1 Å². The largest absolute Gasteiger partial charge is 0.481 e. The monoisotopic (exact) mass is 548 g/mol. The van der Waals surface area contributed by atoms with Crippen molar-refractivity contribution in [3.8, 4) is 5.75 Å². The summed E-state index contributed by atoms with van der Waals surface area (Å²) in [5, 5.41) is 13.1. The van der Waals surface area contributed by atoms with E-state index in [9.17, 15) is 9.59 Å². The van der Waals surface area contributed by atoms with Gasteiger partial charge in [0.25, 0.3) is 0 Å². The molecule has 0 aliphatic heterocycles. The number of aryl methyl sites for hydroxylation is 2. The molecule has 2 aromatic heterocycles. The average Bonchev–Trinajstić information content (AvgIpc) is 3.29. The van der Waals surface area contributed by atoms with Crippen LogP contribution in [0, 0.1) is 6.92 Å². The van der Waals surface area contributed by atoms with Crippen molar-refractivity contribution < 1.29 is 19.1 Å². The zero-order valence-corrected chi connectivity index (χ0v) is 23.1. The summed E-state index contributed by atoms with van der Waals surface area (Å²) in [4.78, 5) is 26.5. The highest BCUT2D eigenvalue weighted by Gasteiger charge is 2.26. The summed E-state index contributed by atoms with van der Waals surface area (Å²) in [6.45, 7) is 3.84. The van der Waals surface area contributed by atoms with E-state index in [1.54, 1.807) is 10.6 Å². The number of nitrogens with one attached hydrogen (secondary N) is 1. The van der Waals surface area contributed by atoms with Crippen LogP contribution in [0.3, 0.4) is 0 Å². The molecule has 0 bridgehead atoms. The maximum absolute atomic E-state index is 12.8. The quantitative estimate of drug-likeness (QED) is 0.217. The highest BCUT2D eigenvalue weighted by Crippen LogP contribution is 2.38. The van der Waals surface area contributed by atoms with Gasteiger partial charge in [-0.1, -0.05) is 35.9 Å². The van der Waals surface area contributed by atoms with Gasteiger partial charge in [-0.2, -0.15) is 0 Å².